The van der Waals surface area contributed by atoms with Gasteiger partial charge in [-0.15, -0.1) is 0 Å². The molecule has 0 heterocycles. The quantitative estimate of drug-likeness (QED) is 0.505. The van der Waals surface area contributed by atoms with Gasteiger partial charge in [0.2, 0.25) is 0 Å². The molecule has 2 rings (SSSR count). The molecule has 1 fully saturated rings. The first-order valence-corrected chi connectivity index (χ1v) is 7.47. The van der Waals surface area contributed by atoms with Crippen molar-refractivity contribution >= 4 is 5.71 Å². The van der Waals surface area contributed by atoms with Crippen molar-refractivity contribution in [2.45, 2.75) is 53.1 Å². The van der Waals surface area contributed by atoms with Crippen LogP contribution in [0.15, 0.2) is 23.4 Å². The van der Waals surface area contributed by atoms with E-state index in [1.807, 2.05) is 25.1 Å². The highest BCUT2D eigenvalue weighted by atomic mass is 16.5. The number of hydrogen-bond donors (Lipinski definition) is 1. The van der Waals surface area contributed by atoms with Crippen molar-refractivity contribution in [2.75, 3.05) is 0 Å². The molecule has 1 aliphatic rings. The number of nitrogens with zero attached hydrogens (tertiary/aromatic N) is 1. The summed E-state index contributed by atoms with van der Waals surface area (Å²) in [6.07, 6.45) is 3.70. The SMILES string of the molecule is CC(=NO)c1ccc(C)cc1OC1CCC(C)C(C)C1. The van der Waals surface area contributed by atoms with Gasteiger partial charge in [-0.05, 0) is 62.6 Å². The molecule has 0 amide bonds. The van der Waals surface area contributed by atoms with Gasteiger partial charge < -0.3 is 9.94 Å². The number of aryl methyl sites for hydroxylation is 1. The molecule has 1 saturated carbocycles. The van der Waals surface area contributed by atoms with E-state index in [0.717, 1.165) is 35.6 Å². The fourth-order valence-electron chi connectivity index (χ4n) is 2.86. The van der Waals surface area contributed by atoms with E-state index >= 15 is 0 Å². The molecule has 0 aliphatic heterocycles. The summed E-state index contributed by atoms with van der Waals surface area (Å²) in [6.45, 7) is 8.47. The first-order chi connectivity index (χ1) is 9.51. The van der Waals surface area contributed by atoms with Gasteiger partial charge in [0.05, 0.1) is 11.8 Å². The van der Waals surface area contributed by atoms with Crippen LogP contribution in [-0.2, 0) is 0 Å². The Bertz CT molecular complexity index is 496. The highest BCUT2D eigenvalue weighted by molar-refractivity contribution is 6.00. The molecule has 20 heavy (non-hydrogen) atoms. The summed E-state index contributed by atoms with van der Waals surface area (Å²) in [5, 5.41) is 12.3. The van der Waals surface area contributed by atoms with Crippen molar-refractivity contribution in [3.8, 4) is 5.75 Å². The summed E-state index contributed by atoms with van der Waals surface area (Å²) in [5.41, 5.74) is 2.63. The zero-order valence-corrected chi connectivity index (χ0v) is 12.9. The third-order valence-corrected chi connectivity index (χ3v) is 4.52. The molecule has 1 N–H and O–H groups in total. The monoisotopic (exact) mass is 275 g/mol. The molecule has 0 spiro atoms. The first-order valence-electron chi connectivity index (χ1n) is 7.47. The molecule has 0 radical (unpaired) electrons. The lowest BCUT2D eigenvalue weighted by Gasteiger charge is -2.32. The summed E-state index contributed by atoms with van der Waals surface area (Å²) in [4.78, 5) is 0. The molecule has 1 aliphatic carbocycles. The van der Waals surface area contributed by atoms with Crippen LogP contribution in [0.2, 0.25) is 0 Å². The average Bonchev–Trinajstić information content (AvgIpc) is 2.42. The van der Waals surface area contributed by atoms with E-state index in [4.69, 9.17) is 9.94 Å². The number of benzene rings is 1. The predicted octanol–water partition coefficient (Wildman–Crippen LogP) is 4.40. The Labute approximate surface area is 121 Å². The number of rotatable bonds is 3. The van der Waals surface area contributed by atoms with Crippen molar-refractivity contribution in [2.24, 2.45) is 17.0 Å². The van der Waals surface area contributed by atoms with Gasteiger partial charge in [0.15, 0.2) is 0 Å². The molecule has 3 unspecified atom stereocenters. The summed E-state index contributed by atoms with van der Waals surface area (Å²) in [6, 6.07) is 6.02. The number of ether oxygens (including phenoxy) is 1. The molecule has 3 atom stereocenters. The third-order valence-electron chi connectivity index (χ3n) is 4.52. The van der Waals surface area contributed by atoms with E-state index in [0.29, 0.717) is 11.6 Å². The Kier molecular flexibility index (Phi) is 4.69. The van der Waals surface area contributed by atoms with E-state index in [9.17, 15) is 0 Å². The van der Waals surface area contributed by atoms with Crippen LogP contribution in [0.25, 0.3) is 0 Å². The molecule has 0 saturated heterocycles. The highest BCUT2D eigenvalue weighted by Gasteiger charge is 2.26. The van der Waals surface area contributed by atoms with Crippen LogP contribution in [0.5, 0.6) is 5.75 Å². The van der Waals surface area contributed by atoms with Crippen LogP contribution < -0.4 is 4.74 Å². The standard InChI is InChI=1S/C17H25NO2/c1-11-5-8-16(14(4)18-19)17(9-11)20-15-7-6-12(2)13(3)10-15/h5,8-9,12-13,15,19H,6-7,10H2,1-4H3. The molecule has 0 bridgehead atoms. The van der Waals surface area contributed by atoms with Gasteiger partial charge in [0.25, 0.3) is 0 Å². The van der Waals surface area contributed by atoms with Crippen molar-refractivity contribution in [3.05, 3.63) is 29.3 Å². The minimum atomic E-state index is 0.272. The molecule has 3 heteroatoms. The molecule has 110 valence electrons. The normalized spacial score (nSPS) is 27.4. The number of oxime groups is 1. The summed E-state index contributed by atoms with van der Waals surface area (Å²) in [7, 11) is 0. The lowest BCUT2D eigenvalue weighted by atomic mass is 9.80. The van der Waals surface area contributed by atoms with E-state index in [1.54, 1.807) is 6.92 Å². The van der Waals surface area contributed by atoms with Gasteiger partial charge in [-0.25, -0.2) is 0 Å². The van der Waals surface area contributed by atoms with Crippen LogP contribution in [0.4, 0.5) is 0 Å². The predicted molar refractivity (Wildman–Crippen MR) is 81.8 cm³/mol. The smallest absolute Gasteiger partial charge is 0.129 e. The average molecular weight is 275 g/mol. The maximum atomic E-state index is 9.00. The van der Waals surface area contributed by atoms with Crippen LogP contribution >= 0.6 is 0 Å². The van der Waals surface area contributed by atoms with Crippen LogP contribution in [-0.4, -0.2) is 17.0 Å². The summed E-state index contributed by atoms with van der Waals surface area (Å²) < 4.78 is 6.22. The van der Waals surface area contributed by atoms with Crippen LogP contribution in [0, 0.1) is 18.8 Å². The molecule has 3 nitrogen and oxygen atoms in total. The lowest BCUT2D eigenvalue weighted by molar-refractivity contribution is 0.100. The van der Waals surface area contributed by atoms with E-state index in [1.165, 1.54) is 6.42 Å². The molecular weight excluding hydrogens is 250 g/mol. The zero-order valence-electron chi connectivity index (χ0n) is 12.9. The van der Waals surface area contributed by atoms with E-state index in [-0.39, 0.29) is 6.10 Å². The molecule has 0 aromatic heterocycles. The number of hydrogen-bond acceptors (Lipinski definition) is 3. The van der Waals surface area contributed by atoms with Gasteiger partial charge in [-0.2, -0.15) is 0 Å². The van der Waals surface area contributed by atoms with Gasteiger partial charge >= 0.3 is 0 Å². The fourth-order valence-corrected chi connectivity index (χ4v) is 2.86. The maximum Gasteiger partial charge on any atom is 0.129 e. The molecule has 1 aromatic carbocycles. The van der Waals surface area contributed by atoms with Crippen molar-refractivity contribution < 1.29 is 9.94 Å². The summed E-state index contributed by atoms with van der Waals surface area (Å²) >= 11 is 0. The van der Waals surface area contributed by atoms with Gasteiger partial charge in [-0.1, -0.05) is 25.1 Å². The zero-order chi connectivity index (χ0) is 14.7. The Balaban J connectivity index is 2.18. The van der Waals surface area contributed by atoms with Crippen molar-refractivity contribution in [1.29, 1.82) is 0 Å². The van der Waals surface area contributed by atoms with Crippen LogP contribution in [0.3, 0.4) is 0 Å². The van der Waals surface area contributed by atoms with Gasteiger partial charge in [0.1, 0.15) is 5.75 Å². The molecular formula is C17H25NO2. The third kappa shape index (κ3) is 3.33. The Morgan fingerprint density at radius 3 is 2.65 bits per heavy atom. The van der Waals surface area contributed by atoms with E-state index < -0.39 is 0 Å². The molecule has 1 aromatic rings. The highest BCUT2D eigenvalue weighted by Crippen LogP contribution is 2.33. The largest absolute Gasteiger partial charge is 0.490 e. The Morgan fingerprint density at radius 2 is 2.00 bits per heavy atom. The van der Waals surface area contributed by atoms with Crippen molar-refractivity contribution in [3.63, 3.8) is 0 Å². The lowest BCUT2D eigenvalue weighted by Crippen LogP contribution is -2.29. The van der Waals surface area contributed by atoms with Crippen LogP contribution in [0.1, 0.15) is 51.2 Å². The maximum absolute atomic E-state index is 9.00. The first kappa shape index (κ1) is 14.9. The second-order valence-electron chi connectivity index (χ2n) is 6.19. The topological polar surface area (TPSA) is 41.8 Å². The van der Waals surface area contributed by atoms with Gasteiger partial charge in [-0.3, -0.25) is 0 Å². The second-order valence-corrected chi connectivity index (χ2v) is 6.19. The van der Waals surface area contributed by atoms with E-state index in [2.05, 4.69) is 19.0 Å². The fraction of sp³-hybridized carbons (Fsp3) is 0.588. The Morgan fingerprint density at radius 1 is 1.25 bits per heavy atom. The van der Waals surface area contributed by atoms with Gasteiger partial charge in [0, 0.05) is 5.56 Å². The second kappa shape index (κ2) is 6.29. The minimum Gasteiger partial charge on any atom is -0.490 e. The summed E-state index contributed by atoms with van der Waals surface area (Å²) in [5.74, 6) is 2.33. The Hall–Kier alpha value is -1.51. The minimum absolute atomic E-state index is 0.272. The van der Waals surface area contributed by atoms with Crippen molar-refractivity contribution in [1.82, 2.24) is 0 Å².